The van der Waals surface area contributed by atoms with Gasteiger partial charge in [0.15, 0.2) is 8.32 Å². The van der Waals surface area contributed by atoms with Gasteiger partial charge in [0, 0.05) is 20.1 Å². The molecule has 3 heterocycles. The molecule has 0 unspecified atom stereocenters. The van der Waals surface area contributed by atoms with E-state index in [1.54, 1.807) is 7.11 Å². The number of hydrogen-bond acceptors (Lipinski definition) is 9. The summed E-state index contributed by atoms with van der Waals surface area (Å²) >= 11 is 0. The molecule has 9 atom stereocenters. The summed E-state index contributed by atoms with van der Waals surface area (Å²) in [5, 5.41) is 9.93. The number of ether oxygens (including phenoxy) is 7. The van der Waals surface area contributed by atoms with Crippen LogP contribution in [0.3, 0.4) is 0 Å². The smallest absolute Gasteiger partial charge is 0.192 e. The van der Waals surface area contributed by atoms with Crippen LogP contribution in [0, 0.1) is 0 Å². The molecule has 1 N–H and O–H groups in total. The van der Waals surface area contributed by atoms with Crippen molar-refractivity contribution in [1.82, 2.24) is 0 Å². The van der Waals surface area contributed by atoms with Gasteiger partial charge in [-0.2, -0.15) is 0 Å². The molecule has 0 aromatic heterocycles. The van der Waals surface area contributed by atoms with E-state index in [1.807, 2.05) is 43.3 Å². The number of benzene rings is 2. The van der Waals surface area contributed by atoms with Gasteiger partial charge in [-0.05, 0) is 61.5 Å². The molecule has 0 aliphatic carbocycles. The first-order valence-corrected chi connectivity index (χ1v) is 21.0. The highest BCUT2D eigenvalue weighted by atomic mass is 28.4. The van der Waals surface area contributed by atoms with Crippen molar-refractivity contribution in [1.29, 1.82) is 0 Å². The third-order valence-electron chi connectivity index (χ3n) is 11.1. The normalized spacial score (nSPS) is 32.8. The van der Waals surface area contributed by atoms with Crippen LogP contribution in [0.2, 0.25) is 18.1 Å². The summed E-state index contributed by atoms with van der Waals surface area (Å²) in [6.45, 7) is 21.1. The molecule has 2 aromatic carbocycles. The minimum Gasteiger partial charge on any atom is -0.411 e. The van der Waals surface area contributed by atoms with Gasteiger partial charge in [-0.1, -0.05) is 88.0 Å². The van der Waals surface area contributed by atoms with Crippen molar-refractivity contribution in [2.45, 2.75) is 139 Å². The molecule has 50 heavy (non-hydrogen) atoms. The lowest BCUT2D eigenvalue weighted by Crippen LogP contribution is -2.71. The summed E-state index contributed by atoms with van der Waals surface area (Å²) in [6, 6.07) is 20.3. The molecule has 2 aromatic rings. The third kappa shape index (κ3) is 9.15. The average molecular weight is 713 g/mol. The largest absolute Gasteiger partial charge is 0.411 e. The SMILES string of the molecule is C=C(C[C@@H]1O[C@@]2(C)[C@H](C[C@H]1O[Si](C)(C)C(C)(C)C)O[C@H](CCOCc1ccccc1)[C@@H](OCc1ccccc1)[C@H]2OCOC)[C@H]1O[C@]1(C)CO. The van der Waals surface area contributed by atoms with Gasteiger partial charge in [0.25, 0.3) is 0 Å². The van der Waals surface area contributed by atoms with Crippen molar-refractivity contribution >= 4 is 8.32 Å². The van der Waals surface area contributed by atoms with E-state index in [-0.39, 0.29) is 49.0 Å². The van der Waals surface area contributed by atoms with Gasteiger partial charge < -0.3 is 42.7 Å². The zero-order chi connectivity index (χ0) is 36.2. The fraction of sp³-hybridized carbons (Fsp3) is 0.650. The van der Waals surface area contributed by atoms with Crippen molar-refractivity contribution in [2.75, 3.05) is 27.1 Å². The molecule has 10 heteroatoms. The lowest BCUT2D eigenvalue weighted by Gasteiger charge is -2.58. The van der Waals surface area contributed by atoms with Crippen LogP contribution in [0.25, 0.3) is 0 Å². The van der Waals surface area contributed by atoms with Gasteiger partial charge in [0.1, 0.15) is 36.3 Å². The van der Waals surface area contributed by atoms with E-state index in [0.29, 0.717) is 39.1 Å². The van der Waals surface area contributed by atoms with Crippen LogP contribution < -0.4 is 0 Å². The molecule has 0 radical (unpaired) electrons. The lowest BCUT2D eigenvalue weighted by molar-refractivity contribution is -0.343. The Kier molecular flexibility index (Phi) is 12.9. The molecule has 9 nitrogen and oxygen atoms in total. The van der Waals surface area contributed by atoms with Gasteiger partial charge in [-0.25, -0.2) is 0 Å². The Labute approximate surface area is 300 Å². The number of hydrogen-bond donors (Lipinski definition) is 1. The highest BCUT2D eigenvalue weighted by molar-refractivity contribution is 6.74. The molecule has 0 bridgehead atoms. The van der Waals surface area contributed by atoms with Crippen LogP contribution >= 0.6 is 0 Å². The molecule has 3 saturated heterocycles. The molecule has 3 aliphatic heterocycles. The van der Waals surface area contributed by atoms with Crippen LogP contribution in [0.5, 0.6) is 0 Å². The summed E-state index contributed by atoms with van der Waals surface area (Å²) in [5.74, 6) is 0. The van der Waals surface area contributed by atoms with Crippen LogP contribution in [0.1, 0.15) is 65.0 Å². The molecule has 3 aliphatic rings. The molecule has 0 amide bonds. The van der Waals surface area contributed by atoms with E-state index in [1.165, 1.54) is 0 Å². The average Bonchev–Trinajstić information content (AvgIpc) is 3.78. The van der Waals surface area contributed by atoms with Gasteiger partial charge in [0.05, 0.1) is 44.2 Å². The third-order valence-corrected chi connectivity index (χ3v) is 15.6. The number of fused-ring (bicyclic) bond motifs is 1. The quantitative estimate of drug-likeness (QED) is 0.0614. The van der Waals surface area contributed by atoms with E-state index in [9.17, 15) is 5.11 Å². The zero-order valence-corrected chi connectivity index (χ0v) is 32.4. The fourth-order valence-electron chi connectivity index (χ4n) is 6.97. The van der Waals surface area contributed by atoms with E-state index in [2.05, 4.69) is 71.6 Å². The van der Waals surface area contributed by atoms with E-state index < -0.39 is 31.7 Å². The van der Waals surface area contributed by atoms with Gasteiger partial charge in [0.2, 0.25) is 0 Å². The van der Waals surface area contributed by atoms with E-state index >= 15 is 0 Å². The Hall–Kier alpha value is -1.96. The van der Waals surface area contributed by atoms with Gasteiger partial charge in [-0.3, -0.25) is 0 Å². The second-order valence-electron chi connectivity index (χ2n) is 16.1. The van der Waals surface area contributed by atoms with Gasteiger partial charge >= 0.3 is 0 Å². The first-order valence-electron chi connectivity index (χ1n) is 18.1. The van der Waals surface area contributed by atoms with Crippen LogP contribution in [-0.2, 0) is 50.8 Å². The Morgan fingerprint density at radius 3 is 2.16 bits per heavy atom. The number of methoxy groups -OCH3 is 1. The molecule has 0 spiro atoms. The van der Waals surface area contributed by atoms with Crippen molar-refractivity contribution < 1.29 is 42.7 Å². The van der Waals surface area contributed by atoms with E-state index in [4.69, 9.17) is 37.6 Å². The Balaban J connectivity index is 1.43. The minimum atomic E-state index is -2.22. The Morgan fingerprint density at radius 1 is 0.940 bits per heavy atom. The summed E-state index contributed by atoms with van der Waals surface area (Å²) in [6.07, 6.45) is -0.755. The summed E-state index contributed by atoms with van der Waals surface area (Å²) < 4.78 is 52.3. The maximum atomic E-state index is 9.94. The summed E-state index contributed by atoms with van der Waals surface area (Å²) in [4.78, 5) is 0. The first-order chi connectivity index (χ1) is 23.7. The maximum absolute atomic E-state index is 9.94. The first kappa shape index (κ1) is 39.2. The highest BCUT2D eigenvalue weighted by Crippen LogP contribution is 2.49. The highest BCUT2D eigenvalue weighted by Gasteiger charge is 2.61. The van der Waals surface area contributed by atoms with E-state index in [0.717, 1.165) is 16.7 Å². The number of epoxide rings is 1. The summed E-state index contributed by atoms with van der Waals surface area (Å²) in [5.41, 5.74) is 1.55. The summed E-state index contributed by atoms with van der Waals surface area (Å²) in [7, 11) is -0.598. The number of rotatable bonds is 17. The second-order valence-corrected chi connectivity index (χ2v) is 20.8. The molecule has 0 saturated carbocycles. The topological polar surface area (TPSA) is 97.4 Å². The monoisotopic (exact) mass is 712 g/mol. The van der Waals surface area contributed by atoms with Crippen LogP contribution in [-0.4, -0.2) is 94.5 Å². The maximum Gasteiger partial charge on any atom is 0.192 e. The standard InChI is InChI=1S/C40H60O9Si/c1-28(36-39(5,26-41)48-36)22-32-33(49-50(8,9)38(2,3)4)23-34-40(6,47-32)37(45-27-42-7)35(44-25-30-18-14-11-15-19-30)31(46-34)20-21-43-24-29-16-12-10-13-17-29/h10-19,31-37,41H,1,20-27H2,2-9H3/t31-,32+,33-,34+,35-,36-,37-,39-,40+/m1/s1. The van der Waals surface area contributed by atoms with Crippen molar-refractivity contribution in [3.05, 3.63) is 83.9 Å². The lowest BCUT2D eigenvalue weighted by atomic mass is 9.77. The fourth-order valence-corrected chi connectivity index (χ4v) is 8.33. The number of aliphatic hydroxyl groups is 1. The van der Waals surface area contributed by atoms with Crippen molar-refractivity contribution in [3.8, 4) is 0 Å². The predicted octanol–water partition coefficient (Wildman–Crippen LogP) is 6.97. The Morgan fingerprint density at radius 2 is 1.58 bits per heavy atom. The number of aliphatic hydroxyl groups excluding tert-OH is 1. The van der Waals surface area contributed by atoms with Crippen LogP contribution in [0.15, 0.2) is 72.8 Å². The van der Waals surface area contributed by atoms with Crippen LogP contribution in [0.4, 0.5) is 0 Å². The molecule has 3 fully saturated rings. The molecule has 5 rings (SSSR count). The van der Waals surface area contributed by atoms with Crippen molar-refractivity contribution in [2.24, 2.45) is 0 Å². The van der Waals surface area contributed by atoms with Gasteiger partial charge in [-0.15, -0.1) is 0 Å². The second kappa shape index (κ2) is 16.4. The predicted molar refractivity (Wildman–Crippen MR) is 195 cm³/mol. The minimum absolute atomic E-state index is 0.00307. The zero-order valence-electron chi connectivity index (χ0n) is 31.4. The Bertz CT molecular complexity index is 1370. The molecular formula is C40H60O9Si. The van der Waals surface area contributed by atoms with Crippen molar-refractivity contribution in [3.63, 3.8) is 0 Å². The molecular weight excluding hydrogens is 653 g/mol. The molecule has 278 valence electrons.